The van der Waals surface area contributed by atoms with Gasteiger partial charge in [-0.1, -0.05) is 19.8 Å². The number of esters is 1. The molecular formula is C13H19N3O2. The maximum atomic E-state index is 11.2. The molecule has 1 heterocycles. The minimum Gasteiger partial charge on any atom is -0.464 e. The molecule has 1 aromatic rings. The van der Waals surface area contributed by atoms with E-state index in [4.69, 9.17) is 0 Å². The average Bonchev–Trinajstić information content (AvgIpc) is 2.41. The molecule has 0 spiro atoms. The van der Waals surface area contributed by atoms with Gasteiger partial charge in [0.1, 0.15) is 5.82 Å². The number of ether oxygens (including phenoxy) is 1. The summed E-state index contributed by atoms with van der Waals surface area (Å²) < 4.78 is 4.58. The van der Waals surface area contributed by atoms with Crippen molar-refractivity contribution in [3.8, 4) is 0 Å². The molecule has 0 aromatic carbocycles. The predicted molar refractivity (Wildman–Crippen MR) is 68.4 cm³/mol. The van der Waals surface area contributed by atoms with Crippen molar-refractivity contribution in [3.05, 3.63) is 17.8 Å². The number of anilines is 1. The van der Waals surface area contributed by atoms with Crippen LogP contribution in [0.25, 0.3) is 0 Å². The summed E-state index contributed by atoms with van der Waals surface area (Å²) in [6.07, 6.45) is 4.99. The van der Waals surface area contributed by atoms with Crippen LogP contribution in [0.4, 0.5) is 5.82 Å². The highest BCUT2D eigenvalue weighted by atomic mass is 16.5. The first-order valence-electron chi connectivity index (χ1n) is 6.39. The third-order valence-corrected chi connectivity index (χ3v) is 3.50. The molecule has 1 aliphatic rings. The van der Waals surface area contributed by atoms with E-state index in [1.807, 2.05) is 0 Å². The van der Waals surface area contributed by atoms with Crippen LogP contribution in [-0.2, 0) is 4.74 Å². The fraction of sp³-hybridized carbons (Fsp3) is 0.615. The quantitative estimate of drug-likeness (QED) is 0.832. The number of carbonyl (C=O) groups excluding carboxylic acids is 1. The molecule has 18 heavy (non-hydrogen) atoms. The van der Waals surface area contributed by atoms with E-state index in [1.165, 1.54) is 32.8 Å². The highest BCUT2D eigenvalue weighted by Gasteiger charge is 2.21. The van der Waals surface area contributed by atoms with Gasteiger partial charge in [0.15, 0.2) is 5.69 Å². The minimum absolute atomic E-state index is 0.236. The molecule has 1 aromatic heterocycles. The molecule has 98 valence electrons. The number of methoxy groups -OCH3 is 1. The first-order chi connectivity index (χ1) is 8.70. The Balaban J connectivity index is 1.99. The van der Waals surface area contributed by atoms with Crippen molar-refractivity contribution in [2.45, 2.75) is 38.6 Å². The third kappa shape index (κ3) is 2.97. The maximum Gasteiger partial charge on any atom is 0.358 e. The second-order valence-electron chi connectivity index (χ2n) is 4.81. The first kappa shape index (κ1) is 12.8. The number of aromatic nitrogens is 2. The molecule has 1 aliphatic carbocycles. The van der Waals surface area contributed by atoms with Crippen LogP contribution in [0.15, 0.2) is 12.1 Å². The van der Waals surface area contributed by atoms with Crippen molar-refractivity contribution in [2.24, 2.45) is 5.92 Å². The van der Waals surface area contributed by atoms with Crippen LogP contribution in [0, 0.1) is 5.92 Å². The number of nitrogens with zero attached hydrogens (tertiary/aromatic N) is 2. The number of carbonyl (C=O) groups is 1. The Labute approximate surface area is 107 Å². The number of rotatable bonds is 3. The Hall–Kier alpha value is -1.65. The molecule has 0 radical (unpaired) electrons. The summed E-state index contributed by atoms with van der Waals surface area (Å²) in [5.41, 5.74) is 0.236. The van der Waals surface area contributed by atoms with Crippen LogP contribution < -0.4 is 5.32 Å². The monoisotopic (exact) mass is 249 g/mol. The molecule has 5 heteroatoms. The Kier molecular flexibility index (Phi) is 4.12. The molecule has 2 rings (SSSR count). The summed E-state index contributed by atoms with van der Waals surface area (Å²) in [6.45, 7) is 2.26. The maximum absolute atomic E-state index is 11.2. The number of hydrogen-bond acceptors (Lipinski definition) is 5. The molecule has 2 atom stereocenters. The Bertz CT molecular complexity index is 405. The predicted octanol–water partition coefficient (Wildman–Crippen LogP) is 2.25. The Morgan fingerprint density at radius 3 is 2.72 bits per heavy atom. The van der Waals surface area contributed by atoms with E-state index >= 15 is 0 Å². The third-order valence-electron chi connectivity index (χ3n) is 3.50. The fourth-order valence-corrected chi connectivity index (χ4v) is 2.34. The molecule has 0 amide bonds. The van der Waals surface area contributed by atoms with Gasteiger partial charge in [0.05, 0.1) is 7.11 Å². The lowest BCUT2D eigenvalue weighted by molar-refractivity contribution is 0.0593. The molecule has 2 unspecified atom stereocenters. The molecule has 0 aliphatic heterocycles. The fourth-order valence-electron chi connectivity index (χ4n) is 2.34. The van der Waals surface area contributed by atoms with E-state index in [0.29, 0.717) is 12.0 Å². The van der Waals surface area contributed by atoms with E-state index in [-0.39, 0.29) is 5.69 Å². The van der Waals surface area contributed by atoms with Gasteiger partial charge in [0.25, 0.3) is 0 Å². The van der Waals surface area contributed by atoms with Gasteiger partial charge in [-0.05, 0) is 30.9 Å². The summed E-state index contributed by atoms with van der Waals surface area (Å²) in [4.78, 5) is 11.2. The zero-order valence-electron chi connectivity index (χ0n) is 10.8. The summed E-state index contributed by atoms with van der Waals surface area (Å²) in [7, 11) is 1.33. The average molecular weight is 249 g/mol. The van der Waals surface area contributed by atoms with Gasteiger partial charge >= 0.3 is 5.97 Å². The van der Waals surface area contributed by atoms with Crippen LogP contribution in [0.3, 0.4) is 0 Å². The second kappa shape index (κ2) is 5.80. The second-order valence-corrected chi connectivity index (χ2v) is 4.81. The summed E-state index contributed by atoms with van der Waals surface area (Å²) >= 11 is 0. The molecule has 0 saturated heterocycles. The largest absolute Gasteiger partial charge is 0.464 e. The molecule has 0 bridgehead atoms. The van der Waals surface area contributed by atoms with E-state index in [9.17, 15) is 4.79 Å². The summed E-state index contributed by atoms with van der Waals surface area (Å²) in [5, 5.41) is 11.3. The molecule has 1 N–H and O–H groups in total. The SMILES string of the molecule is COC(=O)c1ccc(NC2CCCCC2C)nn1. The topological polar surface area (TPSA) is 64.1 Å². The van der Waals surface area contributed by atoms with Crippen LogP contribution in [0.1, 0.15) is 43.1 Å². The number of hydrogen-bond donors (Lipinski definition) is 1. The van der Waals surface area contributed by atoms with Gasteiger partial charge in [0.2, 0.25) is 0 Å². The van der Waals surface area contributed by atoms with Gasteiger partial charge in [-0.3, -0.25) is 0 Å². The zero-order chi connectivity index (χ0) is 13.0. The molecular weight excluding hydrogens is 230 g/mol. The van der Waals surface area contributed by atoms with E-state index in [1.54, 1.807) is 12.1 Å². The van der Waals surface area contributed by atoms with Crippen LogP contribution in [0.5, 0.6) is 0 Å². The lowest BCUT2D eigenvalue weighted by atomic mass is 9.86. The van der Waals surface area contributed by atoms with Crippen molar-refractivity contribution in [2.75, 3.05) is 12.4 Å². The van der Waals surface area contributed by atoms with Gasteiger partial charge < -0.3 is 10.1 Å². The van der Waals surface area contributed by atoms with Crippen molar-refractivity contribution in [1.82, 2.24) is 10.2 Å². The van der Waals surface area contributed by atoms with Gasteiger partial charge in [-0.25, -0.2) is 4.79 Å². The lowest BCUT2D eigenvalue weighted by Gasteiger charge is -2.29. The van der Waals surface area contributed by atoms with Crippen LogP contribution in [-0.4, -0.2) is 29.3 Å². The Morgan fingerprint density at radius 2 is 2.11 bits per heavy atom. The van der Waals surface area contributed by atoms with Crippen LogP contribution in [0.2, 0.25) is 0 Å². The van der Waals surface area contributed by atoms with E-state index in [0.717, 1.165) is 5.82 Å². The van der Waals surface area contributed by atoms with Gasteiger partial charge in [0, 0.05) is 6.04 Å². The lowest BCUT2D eigenvalue weighted by Crippen LogP contribution is -2.30. The van der Waals surface area contributed by atoms with Gasteiger partial charge in [-0.2, -0.15) is 0 Å². The molecule has 5 nitrogen and oxygen atoms in total. The highest BCUT2D eigenvalue weighted by molar-refractivity contribution is 5.86. The summed E-state index contributed by atoms with van der Waals surface area (Å²) in [5.74, 6) is 0.919. The normalized spacial score (nSPS) is 23.4. The first-order valence-corrected chi connectivity index (χ1v) is 6.39. The standard InChI is InChI=1S/C13H19N3O2/c1-9-5-3-4-6-10(9)14-12-8-7-11(15-16-12)13(17)18-2/h7-10H,3-6H2,1-2H3,(H,14,16). The zero-order valence-corrected chi connectivity index (χ0v) is 10.8. The Morgan fingerprint density at radius 1 is 1.33 bits per heavy atom. The molecule has 1 fully saturated rings. The van der Waals surface area contributed by atoms with Crippen molar-refractivity contribution < 1.29 is 9.53 Å². The minimum atomic E-state index is -0.458. The molecule has 1 saturated carbocycles. The highest BCUT2D eigenvalue weighted by Crippen LogP contribution is 2.26. The van der Waals surface area contributed by atoms with Gasteiger partial charge in [-0.15, -0.1) is 10.2 Å². The van der Waals surface area contributed by atoms with Crippen LogP contribution >= 0.6 is 0 Å². The van der Waals surface area contributed by atoms with Crippen molar-refractivity contribution in [1.29, 1.82) is 0 Å². The van der Waals surface area contributed by atoms with Crippen molar-refractivity contribution in [3.63, 3.8) is 0 Å². The van der Waals surface area contributed by atoms with E-state index < -0.39 is 5.97 Å². The van der Waals surface area contributed by atoms with E-state index in [2.05, 4.69) is 27.2 Å². The smallest absolute Gasteiger partial charge is 0.358 e. The van der Waals surface area contributed by atoms with Crippen molar-refractivity contribution >= 4 is 11.8 Å². The number of nitrogens with one attached hydrogen (secondary N) is 1. The summed E-state index contributed by atoms with van der Waals surface area (Å²) in [6, 6.07) is 3.87.